The lowest BCUT2D eigenvalue weighted by Gasteiger charge is -2.07. The number of aromatic nitrogens is 2. The average molecular weight is 341 g/mol. The van der Waals surface area contributed by atoms with Crippen molar-refractivity contribution in [2.24, 2.45) is 0 Å². The summed E-state index contributed by atoms with van der Waals surface area (Å²) < 4.78 is 7.13. The molecule has 122 valence electrons. The Balaban J connectivity index is 1.71. The molecule has 0 bridgehead atoms. The van der Waals surface area contributed by atoms with Crippen LogP contribution in [0.2, 0.25) is 5.15 Å². The van der Waals surface area contributed by atoms with E-state index in [0.717, 1.165) is 22.3 Å². The molecule has 2 heterocycles. The first-order chi connectivity index (χ1) is 11.5. The summed E-state index contributed by atoms with van der Waals surface area (Å²) >= 11 is 6.13. The molecule has 3 rings (SSSR count). The minimum absolute atomic E-state index is 0.248. The fourth-order valence-electron chi connectivity index (χ4n) is 2.43. The molecular weight excluding hydrogens is 324 g/mol. The molecule has 1 aromatic carbocycles. The SMILES string of the molecule is Cc1ccc(C)c(COC(=O)/C=C/c2c(Cl)nc3ccccn23)c1. The molecule has 0 spiro atoms. The van der Waals surface area contributed by atoms with Gasteiger partial charge in [0.25, 0.3) is 0 Å². The lowest BCUT2D eigenvalue weighted by atomic mass is 10.1. The van der Waals surface area contributed by atoms with E-state index in [2.05, 4.69) is 4.98 Å². The number of carbonyl (C=O) groups excluding carboxylic acids is 1. The lowest BCUT2D eigenvalue weighted by molar-refractivity contribution is -0.138. The predicted molar refractivity (Wildman–Crippen MR) is 94.9 cm³/mol. The van der Waals surface area contributed by atoms with Gasteiger partial charge in [-0.05, 0) is 43.2 Å². The van der Waals surface area contributed by atoms with E-state index in [1.165, 1.54) is 6.08 Å². The quantitative estimate of drug-likeness (QED) is 0.523. The third kappa shape index (κ3) is 3.49. The molecule has 0 saturated carbocycles. The van der Waals surface area contributed by atoms with E-state index >= 15 is 0 Å². The van der Waals surface area contributed by atoms with Crippen molar-refractivity contribution in [3.63, 3.8) is 0 Å². The molecule has 0 radical (unpaired) electrons. The van der Waals surface area contributed by atoms with Crippen molar-refractivity contribution < 1.29 is 9.53 Å². The average Bonchev–Trinajstić information content (AvgIpc) is 2.89. The van der Waals surface area contributed by atoms with E-state index in [1.807, 2.05) is 60.8 Å². The van der Waals surface area contributed by atoms with Gasteiger partial charge in [0.1, 0.15) is 12.3 Å². The number of nitrogens with zero attached hydrogens (tertiary/aromatic N) is 2. The van der Waals surface area contributed by atoms with Crippen molar-refractivity contribution in [3.05, 3.63) is 76.2 Å². The van der Waals surface area contributed by atoms with Crippen LogP contribution in [0.1, 0.15) is 22.4 Å². The van der Waals surface area contributed by atoms with Crippen molar-refractivity contribution >= 4 is 29.3 Å². The molecule has 5 heteroatoms. The van der Waals surface area contributed by atoms with Gasteiger partial charge in [0, 0.05) is 12.3 Å². The highest BCUT2D eigenvalue weighted by atomic mass is 35.5. The molecule has 4 nitrogen and oxygen atoms in total. The van der Waals surface area contributed by atoms with Crippen LogP contribution < -0.4 is 0 Å². The van der Waals surface area contributed by atoms with Gasteiger partial charge in [0.15, 0.2) is 5.15 Å². The minimum atomic E-state index is -0.419. The highest BCUT2D eigenvalue weighted by Gasteiger charge is 2.08. The number of ether oxygens (including phenoxy) is 1. The Hall–Kier alpha value is -2.59. The van der Waals surface area contributed by atoms with Gasteiger partial charge < -0.3 is 4.74 Å². The Bertz CT molecular complexity index is 928. The van der Waals surface area contributed by atoms with Gasteiger partial charge in [-0.3, -0.25) is 4.40 Å². The number of halogens is 1. The van der Waals surface area contributed by atoms with Gasteiger partial charge in [-0.2, -0.15) is 0 Å². The summed E-state index contributed by atoms with van der Waals surface area (Å²) in [5.41, 5.74) is 4.62. The van der Waals surface area contributed by atoms with Crippen molar-refractivity contribution in [1.82, 2.24) is 9.38 Å². The number of pyridine rings is 1. The number of imidazole rings is 1. The molecule has 24 heavy (non-hydrogen) atoms. The second-order valence-electron chi connectivity index (χ2n) is 5.59. The van der Waals surface area contributed by atoms with Crippen LogP contribution in [0, 0.1) is 13.8 Å². The standard InChI is InChI=1S/C19H17ClN2O2/c1-13-6-7-14(2)15(11-13)12-24-18(23)9-8-16-19(20)21-17-5-3-4-10-22(16)17/h3-11H,12H2,1-2H3/b9-8+. The maximum atomic E-state index is 12.0. The number of carbonyl (C=O) groups is 1. The molecular formula is C19H17ClN2O2. The minimum Gasteiger partial charge on any atom is -0.458 e. The summed E-state index contributed by atoms with van der Waals surface area (Å²) in [6.07, 6.45) is 4.83. The van der Waals surface area contributed by atoms with Crippen LogP contribution in [0.5, 0.6) is 0 Å². The second-order valence-corrected chi connectivity index (χ2v) is 5.95. The van der Waals surface area contributed by atoms with Gasteiger partial charge >= 0.3 is 5.97 Å². The smallest absolute Gasteiger partial charge is 0.331 e. The zero-order valence-corrected chi connectivity index (χ0v) is 14.2. The maximum Gasteiger partial charge on any atom is 0.331 e. The van der Waals surface area contributed by atoms with E-state index < -0.39 is 5.97 Å². The molecule has 0 fully saturated rings. The predicted octanol–water partition coefficient (Wildman–Crippen LogP) is 4.36. The van der Waals surface area contributed by atoms with Crippen LogP contribution >= 0.6 is 11.6 Å². The van der Waals surface area contributed by atoms with Crippen LogP contribution in [0.25, 0.3) is 11.7 Å². The van der Waals surface area contributed by atoms with Gasteiger partial charge in [-0.15, -0.1) is 0 Å². The zero-order valence-electron chi connectivity index (χ0n) is 13.5. The van der Waals surface area contributed by atoms with E-state index in [0.29, 0.717) is 10.8 Å². The fraction of sp³-hybridized carbons (Fsp3) is 0.158. The van der Waals surface area contributed by atoms with Gasteiger partial charge in [0.2, 0.25) is 0 Å². The van der Waals surface area contributed by atoms with Crippen LogP contribution in [-0.2, 0) is 16.1 Å². The summed E-state index contributed by atoms with van der Waals surface area (Å²) in [6.45, 7) is 4.26. The third-order valence-corrected chi connectivity index (χ3v) is 4.05. The summed E-state index contributed by atoms with van der Waals surface area (Å²) in [6, 6.07) is 11.7. The molecule has 0 atom stereocenters. The van der Waals surface area contributed by atoms with E-state index in [1.54, 1.807) is 6.08 Å². The summed E-state index contributed by atoms with van der Waals surface area (Å²) in [5, 5.41) is 0.347. The van der Waals surface area contributed by atoms with Crippen LogP contribution in [-0.4, -0.2) is 15.4 Å². The van der Waals surface area contributed by atoms with Crippen LogP contribution in [0.3, 0.4) is 0 Å². The van der Waals surface area contributed by atoms with Crippen molar-refractivity contribution in [2.45, 2.75) is 20.5 Å². The summed E-state index contributed by atoms with van der Waals surface area (Å²) in [4.78, 5) is 16.2. The Kier molecular flexibility index (Phi) is 4.67. The highest BCUT2D eigenvalue weighted by Crippen LogP contribution is 2.19. The van der Waals surface area contributed by atoms with Crippen LogP contribution in [0.4, 0.5) is 0 Å². The molecule has 0 aliphatic heterocycles. The topological polar surface area (TPSA) is 43.6 Å². The van der Waals surface area contributed by atoms with Crippen molar-refractivity contribution in [3.8, 4) is 0 Å². The van der Waals surface area contributed by atoms with Crippen LogP contribution in [0.15, 0.2) is 48.7 Å². The highest BCUT2D eigenvalue weighted by molar-refractivity contribution is 6.31. The van der Waals surface area contributed by atoms with E-state index in [-0.39, 0.29) is 6.61 Å². The Morgan fingerprint density at radius 3 is 2.96 bits per heavy atom. The van der Waals surface area contributed by atoms with E-state index in [4.69, 9.17) is 16.3 Å². The van der Waals surface area contributed by atoms with Crippen molar-refractivity contribution in [1.29, 1.82) is 0 Å². The van der Waals surface area contributed by atoms with Gasteiger partial charge in [-0.1, -0.05) is 41.4 Å². The maximum absolute atomic E-state index is 12.0. The number of benzene rings is 1. The molecule has 0 aliphatic rings. The lowest BCUT2D eigenvalue weighted by Crippen LogP contribution is -2.02. The number of aryl methyl sites for hydroxylation is 2. The largest absolute Gasteiger partial charge is 0.458 e. The molecule has 0 amide bonds. The Labute approximate surface area is 145 Å². The van der Waals surface area contributed by atoms with E-state index in [9.17, 15) is 4.79 Å². The molecule has 0 saturated heterocycles. The number of hydrogen-bond acceptors (Lipinski definition) is 3. The second kappa shape index (κ2) is 6.89. The first-order valence-electron chi connectivity index (χ1n) is 7.58. The number of hydrogen-bond donors (Lipinski definition) is 0. The van der Waals surface area contributed by atoms with Crippen molar-refractivity contribution in [2.75, 3.05) is 0 Å². The fourth-order valence-corrected chi connectivity index (χ4v) is 2.68. The summed E-state index contributed by atoms with van der Waals surface area (Å²) in [5.74, 6) is -0.419. The third-order valence-electron chi connectivity index (χ3n) is 3.77. The normalized spacial score (nSPS) is 11.3. The monoisotopic (exact) mass is 340 g/mol. The first kappa shape index (κ1) is 16.3. The molecule has 2 aromatic heterocycles. The molecule has 0 unspecified atom stereocenters. The number of rotatable bonds is 4. The molecule has 0 N–H and O–H groups in total. The summed E-state index contributed by atoms with van der Waals surface area (Å²) in [7, 11) is 0. The Morgan fingerprint density at radius 2 is 2.12 bits per heavy atom. The molecule has 3 aromatic rings. The first-order valence-corrected chi connectivity index (χ1v) is 7.96. The number of fused-ring (bicyclic) bond motifs is 1. The van der Waals surface area contributed by atoms with Gasteiger partial charge in [0.05, 0.1) is 5.69 Å². The van der Waals surface area contributed by atoms with Gasteiger partial charge in [-0.25, -0.2) is 9.78 Å². The molecule has 0 aliphatic carbocycles. The zero-order chi connectivity index (χ0) is 17.1. The Morgan fingerprint density at radius 1 is 1.29 bits per heavy atom. The number of esters is 1.